The Morgan fingerprint density at radius 3 is 2.85 bits per heavy atom. The highest BCUT2D eigenvalue weighted by Crippen LogP contribution is 2.27. The number of hydrogen-bond donors (Lipinski definition) is 1. The fourth-order valence-corrected chi connectivity index (χ4v) is 4.46. The van der Waals surface area contributed by atoms with Crippen LogP contribution in [-0.2, 0) is 18.3 Å². The minimum atomic E-state index is -0.453. The van der Waals surface area contributed by atoms with Gasteiger partial charge in [-0.15, -0.1) is 0 Å². The highest BCUT2D eigenvalue weighted by atomic mass is 19.1. The van der Waals surface area contributed by atoms with Gasteiger partial charge in [0, 0.05) is 61.1 Å². The molecule has 7 heteroatoms. The van der Waals surface area contributed by atoms with Crippen LogP contribution in [0.5, 0.6) is 0 Å². The topological polar surface area (TPSA) is 73.4 Å². The second kappa shape index (κ2) is 8.77. The molecule has 4 aromatic rings. The summed E-state index contributed by atoms with van der Waals surface area (Å²) in [5.74, 6) is -0.675. The number of fused-ring (bicyclic) bond motifs is 1. The van der Waals surface area contributed by atoms with Gasteiger partial charge in [0.25, 0.3) is 0 Å². The molecule has 0 bridgehead atoms. The van der Waals surface area contributed by atoms with E-state index in [1.54, 1.807) is 24.4 Å². The van der Waals surface area contributed by atoms with Crippen LogP contribution in [0.25, 0.3) is 22.0 Å². The summed E-state index contributed by atoms with van der Waals surface area (Å²) in [5.41, 5.74) is 10.6. The molecule has 6 nitrogen and oxygen atoms in total. The summed E-state index contributed by atoms with van der Waals surface area (Å²) < 4.78 is 21.9. The molecule has 168 valence electrons. The van der Waals surface area contributed by atoms with E-state index in [9.17, 15) is 9.18 Å². The molecule has 2 aromatic carbocycles. The standard InChI is InChI=1S/C26H25FN4O2/c1-30-14-20(22-12-21(27)6-8-24(22)30)15-31-9-10-33-25(16-31)23-7-5-19(13-29-23)17-3-2-4-18(11-17)26(28)32/h2-8,11-14,25H,9-10,15-16H2,1H3,(H2,28,32)/t25-/m1/s1. The summed E-state index contributed by atoms with van der Waals surface area (Å²) in [6, 6.07) is 16.1. The van der Waals surface area contributed by atoms with Crippen LogP contribution in [0.3, 0.4) is 0 Å². The minimum absolute atomic E-state index is 0.142. The normalized spacial score (nSPS) is 16.8. The first kappa shape index (κ1) is 21.3. The van der Waals surface area contributed by atoms with Crippen molar-refractivity contribution in [3.63, 3.8) is 0 Å². The first-order chi connectivity index (χ1) is 16.0. The number of rotatable bonds is 5. The van der Waals surface area contributed by atoms with E-state index in [4.69, 9.17) is 10.5 Å². The van der Waals surface area contributed by atoms with E-state index in [1.807, 2.05) is 41.9 Å². The number of morpholine rings is 1. The Bertz CT molecular complexity index is 1320. The summed E-state index contributed by atoms with van der Waals surface area (Å²) in [4.78, 5) is 18.4. The molecule has 33 heavy (non-hydrogen) atoms. The molecule has 0 radical (unpaired) electrons. The highest BCUT2D eigenvalue weighted by molar-refractivity contribution is 5.94. The molecule has 1 amide bonds. The Morgan fingerprint density at radius 2 is 2.06 bits per heavy atom. The van der Waals surface area contributed by atoms with Crippen LogP contribution in [0.2, 0.25) is 0 Å². The predicted octanol–water partition coefficient (Wildman–Crippen LogP) is 4.05. The van der Waals surface area contributed by atoms with Crippen molar-refractivity contribution >= 4 is 16.8 Å². The molecule has 0 saturated carbocycles. The molecular formula is C26H25FN4O2. The van der Waals surface area contributed by atoms with E-state index in [-0.39, 0.29) is 11.9 Å². The number of benzene rings is 2. The van der Waals surface area contributed by atoms with Crippen LogP contribution in [0.1, 0.15) is 27.7 Å². The third-order valence-corrected chi connectivity index (χ3v) is 6.18. The molecule has 1 aliphatic heterocycles. The largest absolute Gasteiger partial charge is 0.369 e. The number of nitrogens with two attached hydrogens (primary N) is 1. The molecule has 0 unspecified atom stereocenters. The predicted molar refractivity (Wildman–Crippen MR) is 125 cm³/mol. The number of hydrogen-bond acceptors (Lipinski definition) is 4. The maximum atomic E-state index is 13.8. The quantitative estimate of drug-likeness (QED) is 0.504. The zero-order chi connectivity index (χ0) is 22.9. The van der Waals surface area contributed by atoms with Crippen LogP contribution in [-0.4, -0.2) is 40.1 Å². The van der Waals surface area contributed by atoms with Gasteiger partial charge in [-0.25, -0.2) is 4.39 Å². The lowest BCUT2D eigenvalue weighted by Gasteiger charge is -2.32. The van der Waals surface area contributed by atoms with Gasteiger partial charge < -0.3 is 15.0 Å². The zero-order valence-electron chi connectivity index (χ0n) is 18.4. The number of aryl methyl sites for hydroxylation is 1. The first-order valence-electron chi connectivity index (χ1n) is 10.9. The fraction of sp³-hybridized carbons (Fsp3) is 0.231. The van der Waals surface area contributed by atoms with Crippen molar-refractivity contribution in [2.24, 2.45) is 12.8 Å². The van der Waals surface area contributed by atoms with E-state index in [2.05, 4.69) is 16.1 Å². The van der Waals surface area contributed by atoms with Gasteiger partial charge in [-0.1, -0.05) is 18.2 Å². The van der Waals surface area contributed by atoms with Crippen molar-refractivity contribution in [3.8, 4) is 11.1 Å². The van der Waals surface area contributed by atoms with E-state index in [0.29, 0.717) is 18.7 Å². The molecule has 0 aliphatic carbocycles. The second-order valence-corrected chi connectivity index (χ2v) is 8.44. The highest BCUT2D eigenvalue weighted by Gasteiger charge is 2.24. The number of carbonyl (C=O) groups is 1. The maximum Gasteiger partial charge on any atom is 0.248 e. The average molecular weight is 445 g/mol. The van der Waals surface area contributed by atoms with Crippen molar-refractivity contribution in [2.75, 3.05) is 19.7 Å². The monoisotopic (exact) mass is 444 g/mol. The summed E-state index contributed by atoms with van der Waals surface area (Å²) in [6.07, 6.45) is 3.73. The number of ether oxygens (including phenoxy) is 1. The van der Waals surface area contributed by atoms with Gasteiger partial charge in [-0.05, 0) is 47.5 Å². The minimum Gasteiger partial charge on any atom is -0.369 e. The zero-order valence-corrected chi connectivity index (χ0v) is 18.4. The number of amides is 1. The smallest absolute Gasteiger partial charge is 0.248 e. The SMILES string of the molecule is Cn1cc(CN2CCO[C@@H](c3ccc(-c4cccc(C(N)=O)c4)cn3)C2)c2cc(F)ccc21. The van der Waals surface area contributed by atoms with Gasteiger partial charge >= 0.3 is 0 Å². The van der Waals surface area contributed by atoms with Crippen molar-refractivity contribution in [1.82, 2.24) is 14.5 Å². The molecule has 2 N–H and O–H groups in total. The number of nitrogens with zero attached hydrogens (tertiary/aromatic N) is 3. The third-order valence-electron chi connectivity index (χ3n) is 6.18. The first-order valence-corrected chi connectivity index (χ1v) is 10.9. The third kappa shape index (κ3) is 4.37. The van der Waals surface area contributed by atoms with Crippen LogP contribution < -0.4 is 5.73 Å². The Kier molecular flexibility index (Phi) is 5.66. The summed E-state index contributed by atoms with van der Waals surface area (Å²) in [6.45, 7) is 2.84. The van der Waals surface area contributed by atoms with E-state index >= 15 is 0 Å². The number of carbonyl (C=O) groups excluding carboxylic acids is 1. The van der Waals surface area contributed by atoms with E-state index in [1.165, 1.54) is 6.07 Å². The van der Waals surface area contributed by atoms with Gasteiger partial charge in [0.2, 0.25) is 5.91 Å². The molecule has 5 rings (SSSR count). The number of primary amides is 1. The summed E-state index contributed by atoms with van der Waals surface area (Å²) >= 11 is 0. The molecule has 2 aromatic heterocycles. The van der Waals surface area contributed by atoms with E-state index in [0.717, 1.165) is 46.4 Å². The van der Waals surface area contributed by atoms with E-state index < -0.39 is 5.91 Å². The van der Waals surface area contributed by atoms with Crippen LogP contribution in [0.4, 0.5) is 4.39 Å². The molecule has 1 atom stereocenters. The Balaban J connectivity index is 1.32. The Labute approximate surface area is 191 Å². The van der Waals surface area contributed by atoms with Crippen LogP contribution in [0, 0.1) is 5.82 Å². The molecule has 1 saturated heterocycles. The molecular weight excluding hydrogens is 419 g/mol. The summed E-state index contributed by atoms with van der Waals surface area (Å²) in [7, 11) is 1.98. The van der Waals surface area contributed by atoms with Crippen molar-refractivity contribution < 1.29 is 13.9 Å². The number of aromatic nitrogens is 2. The Hall–Kier alpha value is -3.55. The Morgan fingerprint density at radius 1 is 1.18 bits per heavy atom. The average Bonchev–Trinajstić information content (AvgIpc) is 3.13. The lowest BCUT2D eigenvalue weighted by Crippen LogP contribution is -2.38. The van der Waals surface area contributed by atoms with Gasteiger partial charge in [-0.3, -0.25) is 14.7 Å². The van der Waals surface area contributed by atoms with Gasteiger partial charge in [0.15, 0.2) is 0 Å². The fourth-order valence-electron chi connectivity index (χ4n) is 4.46. The molecule has 1 fully saturated rings. The number of halogens is 1. The lowest BCUT2D eigenvalue weighted by atomic mass is 10.0. The second-order valence-electron chi connectivity index (χ2n) is 8.44. The van der Waals surface area contributed by atoms with Gasteiger partial charge in [-0.2, -0.15) is 0 Å². The van der Waals surface area contributed by atoms with Crippen LogP contribution >= 0.6 is 0 Å². The van der Waals surface area contributed by atoms with Crippen LogP contribution in [0.15, 0.2) is 67.0 Å². The molecule has 3 heterocycles. The summed E-state index contributed by atoms with van der Waals surface area (Å²) in [5, 5.41) is 0.946. The van der Waals surface area contributed by atoms with Gasteiger partial charge in [0.1, 0.15) is 11.9 Å². The lowest BCUT2D eigenvalue weighted by molar-refractivity contribution is -0.0348. The molecule has 1 aliphatic rings. The van der Waals surface area contributed by atoms with Crippen molar-refractivity contribution in [3.05, 3.63) is 89.6 Å². The van der Waals surface area contributed by atoms with Crippen molar-refractivity contribution in [1.29, 1.82) is 0 Å². The molecule has 0 spiro atoms. The van der Waals surface area contributed by atoms with Gasteiger partial charge in [0.05, 0.1) is 12.3 Å². The maximum absolute atomic E-state index is 13.8. The number of pyridine rings is 1. The van der Waals surface area contributed by atoms with Crippen molar-refractivity contribution in [2.45, 2.75) is 12.6 Å².